The molecule has 4 aromatic rings. The van der Waals surface area contributed by atoms with Gasteiger partial charge in [-0.2, -0.15) is 5.10 Å². The minimum absolute atomic E-state index is 0.227. The molecule has 33 heavy (non-hydrogen) atoms. The highest BCUT2D eigenvalue weighted by Crippen LogP contribution is 2.39. The molecule has 8 heteroatoms. The van der Waals surface area contributed by atoms with E-state index >= 15 is 0 Å². The summed E-state index contributed by atoms with van der Waals surface area (Å²) < 4.78 is 23.3. The highest BCUT2D eigenvalue weighted by atomic mass is 28.3. The first kappa shape index (κ1) is 23.3. The van der Waals surface area contributed by atoms with Crippen LogP contribution in [0.15, 0.2) is 55.0 Å². The maximum atomic E-state index is 13.6. The zero-order valence-corrected chi connectivity index (χ0v) is 20.8. The molecule has 1 aromatic carbocycles. The van der Waals surface area contributed by atoms with Gasteiger partial charge in [0.05, 0.1) is 5.69 Å². The van der Waals surface area contributed by atoms with Crippen LogP contribution in [0.1, 0.15) is 19.5 Å². The molecule has 0 radical (unpaired) electrons. The van der Waals surface area contributed by atoms with Crippen LogP contribution < -0.4 is 0 Å². The number of fused-ring (bicyclic) bond motifs is 1. The Bertz CT molecular complexity index is 1250. The van der Waals surface area contributed by atoms with Crippen LogP contribution in [0.3, 0.4) is 0 Å². The molecular formula is C25H31FN4O2Si. The van der Waals surface area contributed by atoms with Crippen LogP contribution >= 0.6 is 0 Å². The first-order chi connectivity index (χ1) is 15.5. The number of aliphatic hydroxyl groups is 1. The highest BCUT2D eigenvalue weighted by Gasteiger charge is 2.31. The molecule has 0 saturated heterocycles. The maximum absolute atomic E-state index is 13.6. The summed E-state index contributed by atoms with van der Waals surface area (Å²) in [7, 11) is -1.23. The number of nitrogens with zero attached hydrogens (tertiary/aromatic N) is 4. The van der Waals surface area contributed by atoms with Gasteiger partial charge in [0.15, 0.2) is 0 Å². The predicted octanol–water partition coefficient (Wildman–Crippen LogP) is 5.54. The van der Waals surface area contributed by atoms with Gasteiger partial charge < -0.3 is 14.2 Å². The number of benzene rings is 1. The summed E-state index contributed by atoms with van der Waals surface area (Å²) in [5.74, 6) is -0.308. The van der Waals surface area contributed by atoms with Crippen molar-refractivity contribution in [3.8, 4) is 22.4 Å². The number of aromatic nitrogens is 4. The first-order valence-corrected chi connectivity index (χ1v) is 14.8. The molecule has 0 saturated carbocycles. The van der Waals surface area contributed by atoms with E-state index in [2.05, 4.69) is 24.6 Å². The van der Waals surface area contributed by atoms with Crippen molar-refractivity contribution in [2.75, 3.05) is 6.61 Å². The Labute approximate surface area is 194 Å². The third-order valence-electron chi connectivity index (χ3n) is 5.54. The topological polar surface area (TPSA) is 64.6 Å². The number of imidazole rings is 1. The summed E-state index contributed by atoms with van der Waals surface area (Å²) in [5.41, 5.74) is 3.39. The van der Waals surface area contributed by atoms with Crippen LogP contribution in [0.2, 0.25) is 25.7 Å². The molecule has 3 heterocycles. The first-order valence-electron chi connectivity index (χ1n) is 11.1. The summed E-state index contributed by atoms with van der Waals surface area (Å²) in [6.07, 6.45) is 5.59. The lowest BCUT2D eigenvalue weighted by atomic mass is 9.93. The molecule has 0 atom stereocenters. The van der Waals surface area contributed by atoms with Crippen molar-refractivity contribution in [2.24, 2.45) is 0 Å². The molecule has 0 aliphatic rings. The molecule has 3 aromatic heterocycles. The Balaban J connectivity index is 1.85. The third-order valence-corrected chi connectivity index (χ3v) is 7.24. The van der Waals surface area contributed by atoms with Crippen LogP contribution in [0.5, 0.6) is 0 Å². The molecule has 0 amide bonds. The van der Waals surface area contributed by atoms with Gasteiger partial charge in [-0.05, 0) is 56.3 Å². The van der Waals surface area contributed by atoms with Gasteiger partial charge >= 0.3 is 0 Å². The molecule has 0 aliphatic heterocycles. The second-order valence-corrected chi connectivity index (χ2v) is 15.7. The molecule has 6 nitrogen and oxygen atoms in total. The summed E-state index contributed by atoms with van der Waals surface area (Å²) in [4.78, 5) is 4.32. The summed E-state index contributed by atoms with van der Waals surface area (Å²) in [6, 6.07) is 11.2. The number of pyridine rings is 1. The Morgan fingerprint density at radius 3 is 2.42 bits per heavy atom. The van der Waals surface area contributed by atoms with Gasteiger partial charge in [-0.1, -0.05) is 19.6 Å². The van der Waals surface area contributed by atoms with Gasteiger partial charge in [0.2, 0.25) is 0 Å². The second kappa shape index (κ2) is 8.85. The van der Waals surface area contributed by atoms with Crippen molar-refractivity contribution in [2.45, 2.75) is 51.9 Å². The fraction of sp³-hybridized carbons (Fsp3) is 0.360. The molecule has 0 aliphatic carbocycles. The maximum Gasteiger partial charge on any atom is 0.139 e. The number of hydrogen-bond acceptors (Lipinski definition) is 4. The molecule has 1 N–H and O–H groups in total. The Morgan fingerprint density at radius 1 is 1.06 bits per heavy atom. The van der Waals surface area contributed by atoms with E-state index in [1.54, 1.807) is 36.9 Å². The summed E-state index contributed by atoms with van der Waals surface area (Å²) in [5, 5.41) is 16.0. The van der Waals surface area contributed by atoms with Gasteiger partial charge in [-0.3, -0.25) is 0 Å². The van der Waals surface area contributed by atoms with Gasteiger partial charge in [0.25, 0.3) is 0 Å². The fourth-order valence-corrected chi connectivity index (χ4v) is 4.61. The van der Waals surface area contributed by atoms with E-state index in [-0.39, 0.29) is 12.5 Å². The number of halogens is 1. The monoisotopic (exact) mass is 466 g/mol. The average molecular weight is 467 g/mol. The summed E-state index contributed by atoms with van der Waals surface area (Å²) in [6.45, 7) is 11.3. The van der Waals surface area contributed by atoms with Crippen LogP contribution in [0.4, 0.5) is 4.39 Å². The van der Waals surface area contributed by atoms with Crippen molar-refractivity contribution in [1.82, 2.24) is 19.2 Å². The number of ether oxygens (including phenoxy) is 1. The quantitative estimate of drug-likeness (QED) is 0.273. The fourth-order valence-electron chi connectivity index (χ4n) is 3.86. The molecule has 174 valence electrons. The van der Waals surface area contributed by atoms with E-state index in [4.69, 9.17) is 9.84 Å². The Morgan fingerprint density at radius 2 is 1.76 bits per heavy atom. The number of rotatable bonds is 8. The van der Waals surface area contributed by atoms with E-state index in [1.807, 2.05) is 28.9 Å². The highest BCUT2D eigenvalue weighted by molar-refractivity contribution is 6.76. The van der Waals surface area contributed by atoms with Crippen molar-refractivity contribution < 1.29 is 14.2 Å². The summed E-state index contributed by atoms with van der Waals surface area (Å²) >= 11 is 0. The Hall–Kier alpha value is -2.81. The SMILES string of the molecule is CC(C)(O)c1c(-c2ccc3nccn3c2)c(-c2ccc(F)cc2)nn1COCC[Si](C)(C)C. The molecular weight excluding hydrogens is 435 g/mol. The van der Waals surface area contributed by atoms with Crippen LogP contribution in [-0.2, 0) is 17.1 Å². The third kappa shape index (κ3) is 5.24. The van der Waals surface area contributed by atoms with E-state index in [9.17, 15) is 9.50 Å². The minimum atomic E-state index is -1.23. The zero-order chi connectivity index (χ0) is 23.8. The number of hydrogen-bond donors (Lipinski definition) is 1. The molecule has 0 bridgehead atoms. The van der Waals surface area contributed by atoms with E-state index in [0.29, 0.717) is 18.0 Å². The lowest BCUT2D eigenvalue weighted by Crippen LogP contribution is -2.25. The molecule has 0 spiro atoms. The molecule has 4 rings (SSSR count). The standard InChI is InChI=1S/C25H31FN4O2Si/c1-25(2,31)24-22(19-8-11-21-27-12-13-29(21)16-19)23(18-6-9-20(26)10-7-18)28-30(24)17-32-14-15-33(3,4)5/h6-13,16,31H,14-15,17H2,1-5H3. The van der Waals surface area contributed by atoms with Crippen molar-refractivity contribution in [1.29, 1.82) is 0 Å². The lowest BCUT2D eigenvalue weighted by Gasteiger charge is -2.22. The zero-order valence-electron chi connectivity index (χ0n) is 19.8. The average Bonchev–Trinajstić information content (AvgIpc) is 3.35. The smallest absolute Gasteiger partial charge is 0.139 e. The second-order valence-electron chi connectivity index (χ2n) is 10.1. The largest absolute Gasteiger partial charge is 0.384 e. The van der Waals surface area contributed by atoms with Crippen LogP contribution in [-0.4, -0.2) is 39.0 Å². The Kier molecular flexibility index (Phi) is 6.26. The van der Waals surface area contributed by atoms with Gasteiger partial charge in [0, 0.05) is 50.0 Å². The van der Waals surface area contributed by atoms with Gasteiger partial charge in [-0.25, -0.2) is 14.1 Å². The van der Waals surface area contributed by atoms with Crippen molar-refractivity contribution in [3.05, 3.63) is 66.5 Å². The normalized spacial score (nSPS) is 12.6. The minimum Gasteiger partial charge on any atom is -0.384 e. The lowest BCUT2D eigenvalue weighted by molar-refractivity contribution is 0.0395. The van der Waals surface area contributed by atoms with Gasteiger partial charge in [-0.15, -0.1) is 0 Å². The van der Waals surface area contributed by atoms with E-state index < -0.39 is 13.7 Å². The molecule has 0 unspecified atom stereocenters. The van der Waals surface area contributed by atoms with Crippen LogP contribution in [0.25, 0.3) is 28.0 Å². The van der Waals surface area contributed by atoms with E-state index in [0.717, 1.165) is 28.4 Å². The van der Waals surface area contributed by atoms with Gasteiger partial charge in [0.1, 0.15) is 29.5 Å². The molecule has 0 fully saturated rings. The predicted molar refractivity (Wildman–Crippen MR) is 131 cm³/mol. The van der Waals surface area contributed by atoms with Crippen molar-refractivity contribution >= 4 is 13.7 Å². The van der Waals surface area contributed by atoms with Crippen molar-refractivity contribution in [3.63, 3.8) is 0 Å². The van der Waals surface area contributed by atoms with Crippen LogP contribution in [0, 0.1) is 5.82 Å². The van der Waals surface area contributed by atoms with E-state index in [1.165, 1.54) is 12.1 Å².